The van der Waals surface area contributed by atoms with Gasteiger partial charge < -0.3 is 29.0 Å². The van der Waals surface area contributed by atoms with Gasteiger partial charge in [0.15, 0.2) is 6.61 Å². The Morgan fingerprint density at radius 1 is 1.11 bits per heavy atom. The molecule has 0 radical (unpaired) electrons. The predicted molar refractivity (Wildman–Crippen MR) is 164 cm³/mol. The van der Waals surface area contributed by atoms with Gasteiger partial charge in [-0.3, -0.25) is 9.59 Å². The number of hydrogen-bond donors (Lipinski definition) is 1. The molecule has 2 aromatic rings. The zero-order valence-electron chi connectivity index (χ0n) is 26.2. The van der Waals surface area contributed by atoms with Crippen LogP contribution in [0.5, 0.6) is 11.5 Å². The summed E-state index contributed by atoms with van der Waals surface area (Å²) in [6.07, 6.45) is 2.65. The van der Waals surface area contributed by atoms with Gasteiger partial charge in [-0.15, -0.1) is 0 Å². The van der Waals surface area contributed by atoms with Crippen LogP contribution in [0.15, 0.2) is 55.1 Å². The molecule has 1 heterocycles. The molecule has 1 aliphatic heterocycles. The average molecular weight is 624 g/mol. The molecule has 3 rings (SSSR count). The van der Waals surface area contributed by atoms with E-state index >= 15 is 0 Å². The molecule has 11 heteroatoms. The third kappa shape index (κ3) is 9.66. The Balaban J connectivity index is 1.84. The maximum Gasteiger partial charge on any atom is 0.341 e. The summed E-state index contributed by atoms with van der Waals surface area (Å²) in [4.78, 5) is 64.2. The van der Waals surface area contributed by atoms with E-state index in [9.17, 15) is 24.0 Å². The normalized spacial score (nSPS) is 15.4. The van der Waals surface area contributed by atoms with Gasteiger partial charge in [-0.2, -0.15) is 0 Å². The highest BCUT2D eigenvalue weighted by Gasteiger charge is 2.42. The fraction of sp³-hybridized carbons (Fsp3) is 0.441. The lowest BCUT2D eigenvalue weighted by atomic mass is 9.87. The lowest BCUT2D eigenvalue weighted by molar-refractivity contribution is -0.165. The van der Waals surface area contributed by atoms with Crippen molar-refractivity contribution in [2.24, 2.45) is 5.41 Å². The number of aliphatic carboxylic acids is 1. The summed E-state index contributed by atoms with van der Waals surface area (Å²) in [6, 6.07) is 11.5. The number of ether oxygens (including phenoxy) is 4. The molecule has 0 aliphatic carbocycles. The molecule has 2 atom stereocenters. The number of likely N-dealkylation sites (tertiary alicyclic amines) is 1. The molecule has 1 saturated heterocycles. The number of amides is 1. The SMILES string of the molecule is C=CC(=O)OCC(C)(C)C(=O)C(=O)N1CCCC[C@H]1C(=O)O[C@H](CCc1ccc(C)c(OC)c1)c1cccc(OCC(=O)O)c1. The topological polar surface area (TPSA) is 146 Å². The molecule has 1 fully saturated rings. The van der Waals surface area contributed by atoms with Crippen molar-refractivity contribution in [3.8, 4) is 11.5 Å². The Kier molecular flexibility index (Phi) is 12.3. The monoisotopic (exact) mass is 623 g/mol. The summed E-state index contributed by atoms with van der Waals surface area (Å²) in [5.74, 6) is -3.10. The van der Waals surface area contributed by atoms with Crippen LogP contribution in [0.4, 0.5) is 0 Å². The lowest BCUT2D eigenvalue weighted by Crippen LogP contribution is -2.53. The van der Waals surface area contributed by atoms with Gasteiger partial charge in [-0.1, -0.05) is 30.8 Å². The number of methoxy groups -OCH3 is 1. The van der Waals surface area contributed by atoms with Crippen LogP contribution >= 0.6 is 0 Å². The number of esters is 2. The first-order valence-electron chi connectivity index (χ1n) is 14.8. The first kappa shape index (κ1) is 34.8. The van der Waals surface area contributed by atoms with Crippen LogP contribution in [-0.4, -0.2) is 72.5 Å². The van der Waals surface area contributed by atoms with Crippen molar-refractivity contribution in [1.82, 2.24) is 4.90 Å². The standard InChI is InChI=1S/C34H41NO10/c1-6-30(38)44-21-34(3,4)31(39)32(40)35-17-8-7-12-26(35)33(41)45-27(16-15-23-14-13-22(2)28(18-23)42-5)24-10-9-11-25(19-24)43-20-29(36)37/h6,9-11,13-14,18-19,26-27H,1,7-8,12,15-17,20-21H2,2-5H3,(H,36,37)/t26-,27+/m0/s1. The second kappa shape index (κ2) is 15.9. The Morgan fingerprint density at radius 2 is 1.87 bits per heavy atom. The summed E-state index contributed by atoms with van der Waals surface area (Å²) in [5, 5.41) is 9.03. The van der Waals surface area contributed by atoms with E-state index in [4.69, 9.17) is 24.1 Å². The molecule has 242 valence electrons. The van der Waals surface area contributed by atoms with E-state index in [2.05, 4.69) is 6.58 Å². The van der Waals surface area contributed by atoms with Gasteiger partial charge in [0.2, 0.25) is 5.78 Å². The van der Waals surface area contributed by atoms with E-state index in [0.29, 0.717) is 43.4 Å². The van der Waals surface area contributed by atoms with Crippen LogP contribution in [-0.2, 0) is 39.9 Å². The van der Waals surface area contributed by atoms with Crippen LogP contribution in [0.3, 0.4) is 0 Å². The first-order valence-corrected chi connectivity index (χ1v) is 14.8. The molecule has 0 bridgehead atoms. The van der Waals surface area contributed by atoms with Crippen LogP contribution in [0.1, 0.15) is 62.3 Å². The zero-order chi connectivity index (χ0) is 33.1. The number of carboxylic acid groups (broad SMARTS) is 1. The number of benzene rings is 2. The molecule has 1 amide bonds. The maximum absolute atomic E-state index is 13.7. The van der Waals surface area contributed by atoms with E-state index in [1.54, 1.807) is 31.4 Å². The zero-order valence-corrected chi connectivity index (χ0v) is 26.2. The Hall–Kier alpha value is -4.67. The van der Waals surface area contributed by atoms with E-state index in [1.807, 2.05) is 25.1 Å². The second-order valence-corrected chi connectivity index (χ2v) is 11.6. The molecular formula is C34H41NO10. The number of carbonyl (C=O) groups excluding carboxylic acids is 4. The van der Waals surface area contributed by atoms with Gasteiger partial charge in [0, 0.05) is 12.6 Å². The van der Waals surface area contributed by atoms with Crippen LogP contribution < -0.4 is 9.47 Å². The van der Waals surface area contributed by atoms with Crippen molar-refractivity contribution >= 4 is 29.6 Å². The van der Waals surface area contributed by atoms with Crippen molar-refractivity contribution < 1.29 is 48.0 Å². The molecule has 11 nitrogen and oxygen atoms in total. The molecule has 1 N–H and O–H groups in total. The minimum absolute atomic E-state index is 0.194. The van der Waals surface area contributed by atoms with Crippen LogP contribution in [0, 0.1) is 12.3 Å². The summed E-state index contributed by atoms with van der Waals surface area (Å²) in [6.45, 7) is 7.60. The summed E-state index contributed by atoms with van der Waals surface area (Å²) in [7, 11) is 1.59. The number of rotatable bonds is 15. The van der Waals surface area contributed by atoms with E-state index in [1.165, 1.54) is 18.7 Å². The van der Waals surface area contributed by atoms with E-state index < -0.39 is 53.8 Å². The van der Waals surface area contributed by atoms with Crippen molar-refractivity contribution in [3.05, 3.63) is 71.8 Å². The van der Waals surface area contributed by atoms with Crippen molar-refractivity contribution in [2.45, 2.75) is 65.0 Å². The summed E-state index contributed by atoms with van der Waals surface area (Å²) in [5.41, 5.74) is 1.19. The van der Waals surface area contributed by atoms with E-state index in [0.717, 1.165) is 23.0 Å². The van der Waals surface area contributed by atoms with Gasteiger partial charge in [-0.25, -0.2) is 14.4 Å². The quantitative estimate of drug-likeness (QED) is 0.172. The fourth-order valence-corrected chi connectivity index (χ4v) is 5.00. The summed E-state index contributed by atoms with van der Waals surface area (Å²) < 4.78 is 21.9. The van der Waals surface area contributed by atoms with Gasteiger partial charge in [-0.05, 0) is 87.8 Å². The maximum atomic E-state index is 13.7. The number of carboxylic acids is 1. The lowest BCUT2D eigenvalue weighted by Gasteiger charge is -2.36. The number of Topliss-reactive ketones (excluding diaryl/α,β-unsaturated/α-hetero) is 1. The van der Waals surface area contributed by atoms with Crippen LogP contribution in [0.25, 0.3) is 0 Å². The number of ketones is 1. The molecule has 0 unspecified atom stereocenters. The van der Waals surface area contributed by atoms with Gasteiger partial charge >= 0.3 is 17.9 Å². The van der Waals surface area contributed by atoms with Crippen molar-refractivity contribution in [3.63, 3.8) is 0 Å². The summed E-state index contributed by atoms with van der Waals surface area (Å²) >= 11 is 0. The Bertz CT molecular complexity index is 1420. The van der Waals surface area contributed by atoms with Crippen LogP contribution in [0.2, 0.25) is 0 Å². The van der Waals surface area contributed by atoms with Gasteiger partial charge in [0.25, 0.3) is 5.91 Å². The number of aryl methyl sites for hydroxylation is 2. The highest BCUT2D eigenvalue weighted by Crippen LogP contribution is 2.31. The number of piperidine rings is 1. The first-order chi connectivity index (χ1) is 21.4. The molecule has 1 aliphatic rings. The number of carbonyl (C=O) groups is 5. The van der Waals surface area contributed by atoms with Gasteiger partial charge in [0.05, 0.1) is 12.5 Å². The molecular weight excluding hydrogens is 582 g/mol. The minimum atomic E-state index is -1.32. The average Bonchev–Trinajstić information content (AvgIpc) is 3.04. The molecule has 45 heavy (non-hydrogen) atoms. The molecule has 0 spiro atoms. The fourth-order valence-electron chi connectivity index (χ4n) is 5.00. The highest BCUT2D eigenvalue weighted by molar-refractivity contribution is 6.38. The van der Waals surface area contributed by atoms with E-state index in [-0.39, 0.29) is 13.2 Å². The van der Waals surface area contributed by atoms with Crippen molar-refractivity contribution in [1.29, 1.82) is 0 Å². The Labute approximate surface area is 263 Å². The smallest absolute Gasteiger partial charge is 0.341 e. The molecule has 0 saturated carbocycles. The third-order valence-electron chi connectivity index (χ3n) is 7.60. The number of nitrogens with zero attached hydrogens (tertiary/aromatic N) is 1. The highest BCUT2D eigenvalue weighted by atomic mass is 16.5. The Morgan fingerprint density at radius 3 is 2.56 bits per heavy atom. The van der Waals surface area contributed by atoms with Crippen molar-refractivity contribution in [2.75, 3.05) is 26.9 Å². The molecule has 2 aromatic carbocycles. The minimum Gasteiger partial charge on any atom is -0.496 e. The molecule has 0 aromatic heterocycles. The third-order valence-corrected chi connectivity index (χ3v) is 7.60. The largest absolute Gasteiger partial charge is 0.496 e. The number of hydrogen-bond acceptors (Lipinski definition) is 9. The predicted octanol–water partition coefficient (Wildman–Crippen LogP) is 4.39. The van der Waals surface area contributed by atoms with Gasteiger partial charge in [0.1, 0.15) is 30.3 Å². The second-order valence-electron chi connectivity index (χ2n) is 11.6.